The zero-order chi connectivity index (χ0) is 70.4. The fourth-order valence-corrected chi connectivity index (χ4v) is 13.8. The largest absolute Gasteiger partial charge is 0.394 e. The number of unbranched alkanes of at least 4 members (excludes halogenated alkanes) is 46. The van der Waals surface area contributed by atoms with Gasteiger partial charge in [-0.15, -0.1) is 0 Å². The monoisotopic (exact) mass is 1390 g/mol. The van der Waals surface area contributed by atoms with E-state index in [1.54, 1.807) is 6.08 Å². The minimum Gasteiger partial charge on any atom is -0.394 e. The molecule has 0 aromatic heterocycles. The number of aliphatic hydroxyl groups excluding tert-OH is 11. The molecule has 3 rings (SSSR count). The van der Waals surface area contributed by atoms with Crippen LogP contribution < -0.4 is 5.32 Å². The summed E-state index contributed by atoms with van der Waals surface area (Å²) in [4.78, 5) is 13.5. The molecule has 17 unspecified atom stereocenters. The summed E-state index contributed by atoms with van der Waals surface area (Å²) in [5.41, 5.74) is 0. The SMILES string of the molecule is CCCCCCCCCC/C=C\CCCCCCCCCCCCCC(=O)NC(COC1OC(CO)C(OC2OC(CO)C(OC3OC(CO)C(O)C(O)C3O)C(O)C2O)C(O)C1O)C(O)/C=C/CCCCCCCCCCCCCCCCCCCCCCCCCCCCC. The number of rotatable bonds is 64. The number of nitrogens with one attached hydrogen (secondary N) is 1. The number of allylic oxidation sites excluding steroid dienone is 3. The van der Waals surface area contributed by atoms with Crippen LogP contribution in [-0.4, -0.2) is 193 Å². The lowest BCUT2D eigenvalue weighted by Crippen LogP contribution is -2.66. The maximum Gasteiger partial charge on any atom is 0.220 e. The van der Waals surface area contributed by atoms with Gasteiger partial charge in [-0.25, -0.2) is 0 Å². The molecule has 0 radical (unpaired) electrons. The Morgan fingerprint density at radius 1 is 0.361 bits per heavy atom. The zero-order valence-electron chi connectivity index (χ0n) is 61.1. The van der Waals surface area contributed by atoms with Crippen molar-refractivity contribution in [2.24, 2.45) is 0 Å². The van der Waals surface area contributed by atoms with Crippen LogP contribution in [0.5, 0.6) is 0 Å². The molecule has 3 aliphatic rings. The Morgan fingerprint density at radius 3 is 1.00 bits per heavy atom. The van der Waals surface area contributed by atoms with Gasteiger partial charge in [0, 0.05) is 6.42 Å². The lowest BCUT2D eigenvalue weighted by Gasteiger charge is -2.48. The second kappa shape index (κ2) is 59.6. The third-order valence-corrected chi connectivity index (χ3v) is 20.2. The molecule has 0 saturated carbocycles. The van der Waals surface area contributed by atoms with Crippen LogP contribution in [-0.2, 0) is 33.2 Å². The van der Waals surface area contributed by atoms with Crippen LogP contribution in [0, 0.1) is 0 Å². The first-order valence-electron chi connectivity index (χ1n) is 40.1. The molecule has 19 heteroatoms. The van der Waals surface area contributed by atoms with Crippen LogP contribution in [0.25, 0.3) is 0 Å². The van der Waals surface area contributed by atoms with Gasteiger partial charge < -0.3 is 89.9 Å². The van der Waals surface area contributed by atoms with Crippen LogP contribution in [0.2, 0.25) is 0 Å². The molecule has 17 atom stereocenters. The van der Waals surface area contributed by atoms with Gasteiger partial charge in [-0.3, -0.25) is 4.79 Å². The van der Waals surface area contributed by atoms with E-state index in [1.807, 2.05) is 6.08 Å². The minimum absolute atomic E-state index is 0.245. The number of carbonyl (C=O) groups excluding carboxylic acids is 1. The fraction of sp³-hybridized carbons (Fsp3) is 0.936. The molecule has 3 heterocycles. The maximum atomic E-state index is 13.5. The second-order valence-electron chi connectivity index (χ2n) is 28.9. The van der Waals surface area contributed by atoms with Gasteiger partial charge in [0.2, 0.25) is 5.91 Å². The summed E-state index contributed by atoms with van der Waals surface area (Å²) in [7, 11) is 0. The molecule has 0 spiro atoms. The average molecular weight is 1390 g/mol. The van der Waals surface area contributed by atoms with E-state index < -0.39 is 124 Å². The minimum atomic E-state index is -1.98. The molecule has 0 bridgehead atoms. The lowest BCUT2D eigenvalue weighted by atomic mass is 9.96. The van der Waals surface area contributed by atoms with Crippen molar-refractivity contribution in [2.75, 3.05) is 26.4 Å². The fourth-order valence-electron chi connectivity index (χ4n) is 13.8. The molecule has 3 fully saturated rings. The van der Waals surface area contributed by atoms with Crippen molar-refractivity contribution in [1.29, 1.82) is 0 Å². The molecule has 0 aromatic carbocycles. The molecule has 0 aromatic rings. The van der Waals surface area contributed by atoms with Gasteiger partial charge in [0.15, 0.2) is 18.9 Å². The summed E-state index contributed by atoms with van der Waals surface area (Å²) in [5, 5.41) is 121. The van der Waals surface area contributed by atoms with Crippen LogP contribution in [0.15, 0.2) is 24.3 Å². The van der Waals surface area contributed by atoms with Crippen molar-refractivity contribution in [2.45, 2.75) is 439 Å². The molecule has 3 saturated heterocycles. The Labute approximate surface area is 588 Å². The van der Waals surface area contributed by atoms with E-state index in [-0.39, 0.29) is 18.9 Å². The molecule has 572 valence electrons. The van der Waals surface area contributed by atoms with Crippen molar-refractivity contribution in [3.05, 3.63) is 24.3 Å². The quantitative estimate of drug-likeness (QED) is 0.0199. The Hall–Kier alpha value is -1.73. The summed E-state index contributed by atoms with van der Waals surface area (Å²) in [6.07, 6.45) is 44.5. The summed E-state index contributed by atoms with van der Waals surface area (Å²) >= 11 is 0. The van der Waals surface area contributed by atoms with Crippen LogP contribution in [0.1, 0.15) is 335 Å². The number of hydrogen-bond donors (Lipinski definition) is 12. The van der Waals surface area contributed by atoms with E-state index in [0.29, 0.717) is 6.42 Å². The van der Waals surface area contributed by atoms with Gasteiger partial charge >= 0.3 is 0 Å². The van der Waals surface area contributed by atoms with Gasteiger partial charge in [0.25, 0.3) is 0 Å². The Bertz CT molecular complexity index is 1850. The van der Waals surface area contributed by atoms with Crippen molar-refractivity contribution < 1.29 is 89.4 Å². The predicted molar refractivity (Wildman–Crippen MR) is 383 cm³/mol. The first-order chi connectivity index (χ1) is 47.3. The van der Waals surface area contributed by atoms with Crippen LogP contribution >= 0.6 is 0 Å². The Morgan fingerprint density at radius 2 is 0.649 bits per heavy atom. The highest BCUT2D eigenvalue weighted by molar-refractivity contribution is 5.76. The molecule has 19 nitrogen and oxygen atoms in total. The molecule has 3 aliphatic heterocycles. The summed E-state index contributed by atoms with van der Waals surface area (Å²) < 4.78 is 34.5. The number of carbonyl (C=O) groups is 1. The highest BCUT2D eigenvalue weighted by Crippen LogP contribution is 2.33. The van der Waals surface area contributed by atoms with E-state index in [9.17, 15) is 61.0 Å². The number of amides is 1. The first-order valence-corrected chi connectivity index (χ1v) is 40.1. The number of hydrogen-bond acceptors (Lipinski definition) is 18. The lowest BCUT2D eigenvalue weighted by molar-refractivity contribution is -0.379. The highest BCUT2D eigenvalue weighted by Gasteiger charge is 2.54. The molecular weight excluding hydrogens is 1240 g/mol. The third-order valence-electron chi connectivity index (χ3n) is 20.2. The molecular formula is C78H147NO18. The van der Waals surface area contributed by atoms with E-state index >= 15 is 0 Å². The summed E-state index contributed by atoms with van der Waals surface area (Å²) in [6, 6.07) is -0.973. The normalized spacial score (nSPS) is 27.0. The van der Waals surface area contributed by atoms with Gasteiger partial charge in [-0.05, 0) is 44.9 Å². The zero-order valence-corrected chi connectivity index (χ0v) is 61.1. The summed E-state index contributed by atoms with van der Waals surface area (Å²) in [6.45, 7) is 1.79. The Kier molecular flexibility index (Phi) is 55.0. The van der Waals surface area contributed by atoms with Gasteiger partial charge in [0.1, 0.15) is 73.2 Å². The van der Waals surface area contributed by atoms with E-state index in [4.69, 9.17) is 28.4 Å². The molecule has 0 aliphatic carbocycles. The van der Waals surface area contributed by atoms with E-state index in [0.717, 1.165) is 44.9 Å². The smallest absolute Gasteiger partial charge is 0.220 e. The average Bonchev–Trinajstić information content (AvgIpc) is 0.826. The van der Waals surface area contributed by atoms with E-state index in [2.05, 4.69) is 31.3 Å². The van der Waals surface area contributed by atoms with Gasteiger partial charge in [-0.2, -0.15) is 0 Å². The maximum absolute atomic E-state index is 13.5. The molecule has 97 heavy (non-hydrogen) atoms. The van der Waals surface area contributed by atoms with Gasteiger partial charge in [0.05, 0.1) is 38.6 Å². The van der Waals surface area contributed by atoms with Crippen molar-refractivity contribution in [3.63, 3.8) is 0 Å². The van der Waals surface area contributed by atoms with Gasteiger partial charge in [-0.1, -0.05) is 308 Å². The highest BCUT2D eigenvalue weighted by atomic mass is 16.8. The molecule has 1 amide bonds. The predicted octanol–water partition coefficient (Wildman–Crippen LogP) is 13.0. The number of ether oxygens (including phenoxy) is 6. The molecule has 12 N–H and O–H groups in total. The number of aliphatic hydroxyl groups is 11. The second-order valence-corrected chi connectivity index (χ2v) is 28.9. The van der Waals surface area contributed by atoms with Crippen LogP contribution in [0.4, 0.5) is 0 Å². The van der Waals surface area contributed by atoms with Crippen molar-refractivity contribution >= 4 is 5.91 Å². The third kappa shape index (κ3) is 40.2. The summed E-state index contributed by atoms with van der Waals surface area (Å²) in [5.74, 6) is -0.271. The van der Waals surface area contributed by atoms with Crippen molar-refractivity contribution in [3.8, 4) is 0 Å². The van der Waals surface area contributed by atoms with E-state index in [1.165, 1.54) is 263 Å². The first kappa shape index (κ1) is 89.5. The Balaban J connectivity index is 1.38. The van der Waals surface area contributed by atoms with Crippen LogP contribution in [0.3, 0.4) is 0 Å². The topological polar surface area (TPSA) is 307 Å². The standard InChI is InChI=1S/C78H147NO18/c1-3-5-7-9-11-13-15-17-19-21-23-25-27-28-29-30-31-32-34-35-37-39-41-43-45-47-49-51-53-55-62(83)61(79-66(84)56-54-52-50-48-46-44-42-40-38-36-33-26-24-22-20-18-16-14-12-10-8-6-4-2)60-92-76-72(90)69(87)74(64(58-81)94-76)97-78-73(91)70(88)75(65(59-82)95-78)96-77-71(89)68(86)67(85)63(57-80)93-77/h22,24,53,55,61-65,67-78,80-83,85-91H,3-21,23,25-52,54,56-60H2,1-2H3,(H,79,84)/b24-22-,55-53+. The van der Waals surface area contributed by atoms with Crippen molar-refractivity contribution in [1.82, 2.24) is 5.32 Å².